The van der Waals surface area contributed by atoms with Crippen LogP contribution < -0.4 is 9.64 Å². The molecule has 1 unspecified atom stereocenters. The van der Waals surface area contributed by atoms with Crippen LogP contribution in [0.1, 0.15) is 34.1 Å². The predicted octanol–water partition coefficient (Wildman–Crippen LogP) is 3.41. The average Bonchev–Trinajstić information content (AvgIpc) is 2.42. The number of carbonyl (C=O) groups is 1. The van der Waals surface area contributed by atoms with Crippen LogP contribution in [0.5, 0.6) is 5.75 Å². The summed E-state index contributed by atoms with van der Waals surface area (Å²) in [6, 6.07) is 8.02. The molecule has 0 saturated heterocycles. The molecule has 0 saturated carbocycles. The van der Waals surface area contributed by atoms with E-state index in [1.807, 2.05) is 24.3 Å². The van der Waals surface area contributed by atoms with E-state index >= 15 is 0 Å². The van der Waals surface area contributed by atoms with Crippen molar-refractivity contribution in [3.05, 3.63) is 24.3 Å². The zero-order chi connectivity index (χ0) is 15.1. The predicted molar refractivity (Wildman–Crippen MR) is 81.5 cm³/mol. The fourth-order valence-electron chi connectivity index (χ4n) is 1.99. The van der Waals surface area contributed by atoms with E-state index in [2.05, 4.69) is 25.7 Å². The summed E-state index contributed by atoms with van der Waals surface area (Å²) in [5.41, 5.74) is 0.962. The van der Waals surface area contributed by atoms with Gasteiger partial charge in [-0.3, -0.25) is 4.79 Å². The van der Waals surface area contributed by atoms with Crippen molar-refractivity contribution in [2.24, 2.45) is 5.92 Å². The summed E-state index contributed by atoms with van der Waals surface area (Å²) < 4.78 is 5.77. The van der Waals surface area contributed by atoms with Gasteiger partial charge < -0.3 is 14.7 Å². The van der Waals surface area contributed by atoms with E-state index in [9.17, 15) is 4.79 Å². The monoisotopic (exact) mass is 279 g/mol. The van der Waals surface area contributed by atoms with Crippen molar-refractivity contribution in [3.8, 4) is 5.75 Å². The van der Waals surface area contributed by atoms with Gasteiger partial charge in [0, 0.05) is 12.6 Å². The smallest absolute Gasteiger partial charge is 0.308 e. The molecule has 1 aromatic rings. The molecule has 0 aliphatic carbocycles. The van der Waals surface area contributed by atoms with Gasteiger partial charge in [-0.05, 0) is 32.4 Å². The Labute approximate surface area is 121 Å². The van der Waals surface area contributed by atoms with Gasteiger partial charge in [0.1, 0.15) is 5.75 Å². The van der Waals surface area contributed by atoms with Crippen LogP contribution in [0.4, 0.5) is 5.69 Å². The third-order valence-electron chi connectivity index (χ3n) is 3.15. The molecule has 4 nitrogen and oxygen atoms in total. The number of hydrogen-bond acceptors (Lipinski definition) is 3. The number of nitrogens with zero attached hydrogens (tertiary/aromatic N) is 1. The standard InChI is InChI=1S/C16H25NO3/c1-5-10-20-15-9-7-6-8-14(15)17(12(2)3)11-13(4)16(18)19/h6-9,12-13H,5,10-11H2,1-4H3,(H,18,19). The number of benzene rings is 1. The molecule has 0 aliphatic rings. The first kappa shape index (κ1) is 16.3. The molecule has 0 heterocycles. The molecule has 1 rings (SSSR count). The Bertz CT molecular complexity index is 431. The molecule has 1 atom stereocenters. The number of carboxylic acids is 1. The maximum Gasteiger partial charge on any atom is 0.308 e. The van der Waals surface area contributed by atoms with E-state index in [0.717, 1.165) is 17.9 Å². The van der Waals surface area contributed by atoms with E-state index in [0.29, 0.717) is 13.2 Å². The van der Waals surface area contributed by atoms with Crippen LogP contribution in [0.15, 0.2) is 24.3 Å². The summed E-state index contributed by atoms with van der Waals surface area (Å²) in [6.07, 6.45) is 0.946. The average molecular weight is 279 g/mol. The molecule has 0 radical (unpaired) electrons. The topological polar surface area (TPSA) is 49.8 Å². The quantitative estimate of drug-likeness (QED) is 0.792. The lowest BCUT2D eigenvalue weighted by molar-refractivity contribution is -0.140. The lowest BCUT2D eigenvalue weighted by Gasteiger charge is -2.32. The molecule has 112 valence electrons. The first-order chi connectivity index (χ1) is 9.47. The summed E-state index contributed by atoms with van der Waals surface area (Å²) in [5.74, 6) is -0.375. The van der Waals surface area contributed by atoms with Gasteiger partial charge in [-0.25, -0.2) is 0 Å². The minimum Gasteiger partial charge on any atom is -0.491 e. The minimum atomic E-state index is -0.775. The van der Waals surface area contributed by atoms with E-state index in [1.54, 1.807) is 6.92 Å². The highest BCUT2D eigenvalue weighted by Crippen LogP contribution is 2.30. The van der Waals surface area contributed by atoms with Crippen LogP contribution in [0.25, 0.3) is 0 Å². The van der Waals surface area contributed by atoms with Crippen molar-refractivity contribution in [2.75, 3.05) is 18.1 Å². The molecule has 1 aromatic carbocycles. The number of para-hydroxylation sites is 2. The van der Waals surface area contributed by atoms with Crippen LogP contribution in [-0.2, 0) is 4.79 Å². The zero-order valence-electron chi connectivity index (χ0n) is 12.8. The minimum absolute atomic E-state index is 0.211. The normalized spacial score (nSPS) is 12.2. The van der Waals surface area contributed by atoms with E-state index in [4.69, 9.17) is 9.84 Å². The Morgan fingerprint density at radius 1 is 1.30 bits per heavy atom. The molecule has 0 aromatic heterocycles. The van der Waals surface area contributed by atoms with Crippen molar-refractivity contribution in [3.63, 3.8) is 0 Å². The molecule has 20 heavy (non-hydrogen) atoms. The van der Waals surface area contributed by atoms with Crippen molar-refractivity contribution in [2.45, 2.75) is 40.2 Å². The number of rotatable bonds is 8. The van der Waals surface area contributed by atoms with Crippen molar-refractivity contribution < 1.29 is 14.6 Å². The van der Waals surface area contributed by atoms with E-state index in [-0.39, 0.29) is 6.04 Å². The lowest BCUT2D eigenvalue weighted by Crippen LogP contribution is -2.37. The zero-order valence-corrected chi connectivity index (χ0v) is 12.8. The number of carboxylic acid groups (broad SMARTS) is 1. The van der Waals surface area contributed by atoms with Gasteiger partial charge in [0.2, 0.25) is 0 Å². The van der Waals surface area contributed by atoms with Crippen molar-refractivity contribution in [1.29, 1.82) is 0 Å². The van der Waals surface area contributed by atoms with Crippen molar-refractivity contribution >= 4 is 11.7 Å². The van der Waals surface area contributed by atoms with Crippen LogP contribution in [0.2, 0.25) is 0 Å². The molecular formula is C16H25NO3. The molecule has 0 amide bonds. The molecule has 4 heteroatoms. The maximum absolute atomic E-state index is 11.1. The summed E-state index contributed by atoms with van der Waals surface area (Å²) in [4.78, 5) is 13.2. The third kappa shape index (κ3) is 4.44. The van der Waals surface area contributed by atoms with Gasteiger partial charge in [0.05, 0.1) is 18.2 Å². The van der Waals surface area contributed by atoms with Crippen LogP contribution >= 0.6 is 0 Å². The van der Waals surface area contributed by atoms with Crippen LogP contribution in [0.3, 0.4) is 0 Å². The first-order valence-corrected chi connectivity index (χ1v) is 7.18. The Morgan fingerprint density at radius 2 is 1.95 bits per heavy atom. The number of ether oxygens (including phenoxy) is 1. The van der Waals surface area contributed by atoms with E-state index in [1.165, 1.54) is 0 Å². The molecule has 0 aliphatic heterocycles. The largest absolute Gasteiger partial charge is 0.491 e. The fraction of sp³-hybridized carbons (Fsp3) is 0.562. The van der Waals surface area contributed by atoms with Crippen LogP contribution in [-0.4, -0.2) is 30.3 Å². The highest BCUT2D eigenvalue weighted by atomic mass is 16.5. The SMILES string of the molecule is CCCOc1ccccc1N(CC(C)C(=O)O)C(C)C. The maximum atomic E-state index is 11.1. The second kappa shape index (κ2) is 7.78. The number of hydrogen-bond donors (Lipinski definition) is 1. The summed E-state index contributed by atoms with van der Waals surface area (Å²) >= 11 is 0. The molecule has 0 fully saturated rings. The Morgan fingerprint density at radius 3 is 2.50 bits per heavy atom. The number of anilines is 1. The third-order valence-corrected chi connectivity index (χ3v) is 3.15. The van der Waals surface area contributed by atoms with Crippen molar-refractivity contribution in [1.82, 2.24) is 0 Å². The van der Waals surface area contributed by atoms with Gasteiger partial charge in [-0.2, -0.15) is 0 Å². The molecule has 0 spiro atoms. The van der Waals surface area contributed by atoms with Crippen LogP contribution in [0, 0.1) is 5.92 Å². The summed E-state index contributed by atoms with van der Waals surface area (Å²) in [6.45, 7) is 9.05. The van der Waals surface area contributed by atoms with Gasteiger partial charge in [0.15, 0.2) is 0 Å². The van der Waals surface area contributed by atoms with Gasteiger partial charge >= 0.3 is 5.97 Å². The highest BCUT2D eigenvalue weighted by Gasteiger charge is 2.21. The lowest BCUT2D eigenvalue weighted by atomic mass is 10.1. The van der Waals surface area contributed by atoms with Gasteiger partial charge in [0.25, 0.3) is 0 Å². The first-order valence-electron chi connectivity index (χ1n) is 7.18. The van der Waals surface area contributed by atoms with Gasteiger partial charge in [-0.1, -0.05) is 26.0 Å². The fourth-order valence-corrected chi connectivity index (χ4v) is 1.99. The Hall–Kier alpha value is -1.71. The molecule has 0 bridgehead atoms. The second-order valence-electron chi connectivity index (χ2n) is 5.30. The Balaban J connectivity index is 2.99. The molecule has 1 N–H and O–H groups in total. The molecular weight excluding hydrogens is 254 g/mol. The summed E-state index contributed by atoms with van der Waals surface area (Å²) in [5, 5.41) is 9.11. The second-order valence-corrected chi connectivity index (χ2v) is 5.30. The Kier molecular flexibility index (Phi) is 6.36. The van der Waals surface area contributed by atoms with E-state index < -0.39 is 11.9 Å². The number of aliphatic carboxylic acids is 1. The van der Waals surface area contributed by atoms with Gasteiger partial charge in [-0.15, -0.1) is 0 Å². The highest BCUT2D eigenvalue weighted by molar-refractivity contribution is 5.71. The summed E-state index contributed by atoms with van der Waals surface area (Å²) in [7, 11) is 0.